The molecule has 2 aromatic carbocycles. The molecule has 124 valence electrons. The summed E-state index contributed by atoms with van der Waals surface area (Å²) in [4.78, 5) is 2.72. The van der Waals surface area contributed by atoms with Gasteiger partial charge < -0.3 is 10.2 Å². The van der Waals surface area contributed by atoms with E-state index >= 15 is 0 Å². The van der Waals surface area contributed by atoms with Crippen molar-refractivity contribution in [2.24, 2.45) is 0 Å². The standard InChI is InChI=1S/C21H23ClN2/c1-13-16(5-2-6-19(13)22)15-10-14-4-3-9-24-20-7-8-23-12-18(20)17(11-15)21(14)24/h2,5-6,10-11,18,20,23H,3-4,7-9,12H2,1H3/t18-,20-/m0/s1. The maximum Gasteiger partial charge on any atom is 0.0441 e. The third kappa shape index (κ3) is 2.06. The lowest BCUT2D eigenvalue weighted by Crippen LogP contribution is -2.45. The molecule has 0 spiro atoms. The third-order valence-corrected chi connectivity index (χ3v) is 6.58. The van der Waals surface area contributed by atoms with Crippen molar-refractivity contribution in [3.8, 4) is 11.1 Å². The van der Waals surface area contributed by atoms with Crippen molar-refractivity contribution in [1.82, 2.24) is 5.32 Å². The van der Waals surface area contributed by atoms with Crippen molar-refractivity contribution in [2.75, 3.05) is 24.5 Å². The molecule has 2 atom stereocenters. The van der Waals surface area contributed by atoms with Gasteiger partial charge in [-0.25, -0.2) is 0 Å². The Morgan fingerprint density at radius 2 is 2.17 bits per heavy atom. The van der Waals surface area contributed by atoms with E-state index in [0.29, 0.717) is 12.0 Å². The fourth-order valence-electron chi connectivity index (χ4n) is 5.04. The van der Waals surface area contributed by atoms with Crippen LogP contribution in [0.25, 0.3) is 11.1 Å². The minimum atomic E-state index is 0.644. The zero-order valence-corrected chi connectivity index (χ0v) is 14.9. The summed E-state index contributed by atoms with van der Waals surface area (Å²) in [5, 5.41) is 4.48. The van der Waals surface area contributed by atoms with Crippen LogP contribution in [0.5, 0.6) is 0 Å². The van der Waals surface area contributed by atoms with Crippen molar-refractivity contribution >= 4 is 17.3 Å². The number of anilines is 1. The Balaban J connectivity index is 1.70. The molecule has 0 saturated carbocycles. The Morgan fingerprint density at radius 1 is 1.25 bits per heavy atom. The molecule has 0 aromatic heterocycles. The summed E-state index contributed by atoms with van der Waals surface area (Å²) < 4.78 is 0. The monoisotopic (exact) mass is 338 g/mol. The van der Waals surface area contributed by atoms with Gasteiger partial charge in [-0.3, -0.25) is 0 Å². The van der Waals surface area contributed by atoms with Crippen LogP contribution in [0.4, 0.5) is 5.69 Å². The summed E-state index contributed by atoms with van der Waals surface area (Å²) in [6.07, 6.45) is 3.75. The molecule has 24 heavy (non-hydrogen) atoms. The molecule has 2 nitrogen and oxygen atoms in total. The number of nitrogens with zero attached hydrogens (tertiary/aromatic N) is 1. The van der Waals surface area contributed by atoms with Crippen molar-refractivity contribution in [1.29, 1.82) is 0 Å². The van der Waals surface area contributed by atoms with Crippen LogP contribution in [0.15, 0.2) is 30.3 Å². The SMILES string of the molecule is Cc1c(Cl)cccc1-c1cc2c3c(c1)[C@@H]1CNCC[C@@H]1N3CCC2. The highest BCUT2D eigenvalue weighted by Crippen LogP contribution is 2.49. The maximum absolute atomic E-state index is 6.38. The van der Waals surface area contributed by atoms with Crippen LogP contribution in [0.2, 0.25) is 5.02 Å². The zero-order chi connectivity index (χ0) is 16.3. The second kappa shape index (κ2) is 5.50. The molecular weight excluding hydrogens is 316 g/mol. The molecule has 2 aromatic rings. The van der Waals surface area contributed by atoms with Crippen molar-refractivity contribution in [2.45, 2.75) is 38.1 Å². The van der Waals surface area contributed by atoms with Crippen LogP contribution >= 0.6 is 11.6 Å². The Kier molecular flexibility index (Phi) is 3.39. The van der Waals surface area contributed by atoms with E-state index < -0.39 is 0 Å². The van der Waals surface area contributed by atoms with Gasteiger partial charge >= 0.3 is 0 Å². The summed E-state index contributed by atoms with van der Waals surface area (Å²) in [5.74, 6) is 0.644. The highest BCUT2D eigenvalue weighted by atomic mass is 35.5. The van der Waals surface area contributed by atoms with Gasteiger partial charge in [0, 0.05) is 35.8 Å². The summed E-state index contributed by atoms with van der Waals surface area (Å²) in [7, 11) is 0. The summed E-state index contributed by atoms with van der Waals surface area (Å²) in [5.41, 5.74) is 8.49. The van der Waals surface area contributed by atoms with Gasteiger partial charge in [0.2, 0.25) is 0 Å². The lowest BCUT2D eigenvalue weighted by atomic mass is 9.87. The Bertz CT molecular complexity index is 814. The quantitative estimate of drug-likeness (QED) is 0.822. The van der Waals surface area contributed by atoms with Crippen molar-refractivity contribution in [3.63, 3.8) is 0 Å². The van der Waals surface area contributed by atoms with Gasteiger partial charge in [-0.15, -0.1) is 0 Å². The molecule has 3 heteroatoms. The number of piperidine rings is 1. The van der Waals surface area contributed by atoms with Gasteiger partial charge in [-0.1, -0.05) is 23.7 Å². The topological polar surface area (TPSA) is 15.3 Å². The molecule has 5 rings (SSSR count). The smallest absolute Gasteiger partial charge is 0.0441 e. The lowest BCUT2D eigenvalue weighted by molar-refractivity contribution is 0.400. The Morgan fingerprint density at radius 3 is 3.08 bits per heavy atom. The average molecular weight is 339 g/mol. The third-order valence-electron chi connectivity index (χ3n) is 6.17. The highest BCUT2D eigenvalue weighted by Gasteiger charge is 2.42. The van der Waals surface area contributed by atoms with Crippen LogP contribution in [-0.2, 0) is 6.42 Å². The molecule has 0 unspecified atom stereocenters. The fourth-order valence-corrected chi connectivity index (χ4v) is 5.21. The molecule has 3 aliphatic heterocycles. The molecule has 0 radical (unpaired) electrons. The number of halogens is 1. The van der Waals surface area contributed by atoms with E-state index in [-0.39, 0.29) is 0 Å². The van der Waals surface area contributed by atoms with Gasteiger partial charge in [-0.05, 0) is 78.7 Å². The van der Waals surface area contributed by atoms with E-state index in [1.165, 1.54) is 42.5 Å². The number of rotatable bonds is 1. The summed E-state index contributed by atoms with van der Waals surface area (Å²) >= 11 is 6.38. The molecule has 0 bridgehead atoms. The van der Waals surface area contributed by atoms with Crippen LogP contribution in [0, 0.1) is 6.92 Å². The van der Waals surface area contributed by atoms with Crippen LogP contribution in [0.1, 0.15) is 35.4 Å². The Hall–Kier alpha value is -1.51. The van der Waals surface area contributed by atoms with E-state index in [4.69, 9.17) is 11.6 Å². The molecule has 1 N–H and O–H groups in total. The summed E-state index contributed by atoms with van der Waals surface area (Å²) in [6.45, 7) is 5.64. The summed E-state index contributed by atoms with van der Waals surface area (Å²) in [6, 6.07) is 11.8. The fraction of sp³-hybridized carbons (Fsp3) is 0.429. The first-order valence-corrected chi connectivity index (χ1v) is 9.51. The molecule has 1 fully saturated rings. The van der Waals surface area contributed by atoms with E-state index in [0.717, 1.165) is 18.1 Å². The second-order valence-electron chi connectivity index (χ2n) is 7.45. The average Bonchev–Trinajstić information content (AvgIpc) is 2.94. The molecule has 0 amide bonds. The van der Waals surface area contributed by atoms with Gasteiger partial charge in [0.1, 0.15) is 0 Å². The molecule has 0 aliphatic carbocycles. The first-order chi connectivity index (χ1) is 11.7. The normalized spacial score (nSPS) is 24.7. The number of nitrogens with one attached hydrogen (secondary N) is 1. The minimum absolute atomic E-state index is 0.644. The van der Waals surface area contributed by atoms with Gasteiger partial charge in [-0.2, -0.15) is 0 Å². The predicted octanol–water partition coefficient (Wildman–Crippen LogP) is 4.53. The van der Waals surface area contributed by atoms with E-state index in [1.807, 2.05) is 6.07 Å². The van der Waals surface area contributed by atoms with Crippen molar-refractivity contribution < 1.29 is 0 Å². The highest BCUT2D eigenvalue weighted by molar-refractivity contribution is 6.31. The van der Waals surface area contributed by atoms with E-state index in [2.05, 4.69) is 41.4 Å². The number of hydrogen-bond acceptors (Lipinski definition) is 2. The first kappa shape index (κ1) is 14.8. The first-order valence-electron chi connectivity index (χ1n) is 9.13. The van der Waals surface area contributed by atoms with Crippen molar-refractivity contribution in [3.05, 3.63) is 52.0 Å². The second-order valence-corrected chi connectivity index (χ2v) is 7.86. The largest absolute Gasteiger partial charge is 0.367 e. The molecule has 3 aliphatic rings. The minimum Gasteiger partial charge on any atom is -0.367 e. The molecule has 1 saturated heterocycles. The number of hydrogen-bond donors (Lipinski definition) is 1. The van der Waals surface area contributed by atoms with Crippen LogP contribution in [-0.4, -0.2) is 25.7 Å². The molecule has 3 heterocycles. The van der Waals surface area contributed by atoms with Gasteiger partial charge in [0.25, 0.3) is 0 Å². The van der Waals surface area contributed by atoms with Gasteiger partial charge in [0.15, 0.2) is 0 Å². The predicted molar refractivity (Wildman–Crippen MR) is 101 cm³/mol. The van der Waals surface area contributed by atoms with E-state index in [9.17, 15) is 0 Å². The van der Waals surface area contributed by atoms with Crippen LogP contribution < -0.4 is 10.2 Å². The Labute approximate surface area is 148 Å². The maximum atomic E-state index is 6.38. The van der Waals surface area contributed by atoms with E-state index in [1.54, 1.807) is 16.8 Å². The number of aryl methyl sites for hydroxylation is 1. The number of benzene rings is 2. The lowest BCUT2D eigenvalue weighted by Gasteiger charge is -2.36. The van der Waals surface area contributed by atoms with Gasteiger partial charge in [0.05, 0.1) is 0 Å². The zero-order valence-electron chi connectivity index (χ0n) is 14.1. The molecular formula is C21H23ClN2. The van der Waals surface area contributed by atoms with Crippen LogP contribution in [0.3, 0.4) is 0 Å². The number of fused-ring (bicyclic) bond motifs is 3.